The fourth-order valence-electron chi connectivity index (χ4n) is 2.35. The van der Waals surface area contributed by atoms with Crippen LogP contribution in [0.4, 0.5) is 5.69 Å². The number of nitriles is 1. The summed E-state index contributed by atoms with van der Waals surface area (Å²) in [7, 11) is 0. The molecule has 0 unspecified atom stereocenters. The van der Waals surface area contributed by atoms with Gasteiger partial charge in [-0.15, -0.1) is 0 Å². The van der Waals surface area contributed by atoms with E-state index in [1.165, 1.54) is 0 Å². The molecule has 1 aromatic carbocycles. The van der Waals surface area contributed by atoms with Crippen molar-refractivity contribution in [1.29, 1.82) is 5.26 Å². The van der Waals surface area contributed by atoms with E-state index in [9.17, 15) is 4.79 Å². The minimum atomic E-state index is -0.00231. The minimum Gasteiger partial charge on any atom is -0.385 e. The summed E-state index contributed by atoms with van der Waals surface area (Å²) >= 11 is 0. The van der Waals surface area contributed by atoms with Gasteiger partial charge in [-0.2, -0.15) is 5.26 Å². The average molecular weight is 257 g/mol. The molecular weight excluding hydrogens is 238 g/mol. The molecule has 0 fully saturated rings. The Kier molecular flexibility index (Phi) is 4.79. The smallest absolute Gasteiger partial charge is 0.251 e. The molecule has 4 nitrogen and oxygen atoms in total. The predicted molar refractivity (Wildman–Crippen MR) is 75.0 cm³/mol. The molecule has 0 saturated carbocycles. The van der Waals surface area contributed by atoms with Gasteiger partial charge in [0.15, 0.2) is 0 Å². The monoisotopic (exact) mass is 257 g/mol. The van der Waals surface area contributed by atoms with Crippen LogP contribution in [0.5, 0.6) is 0 Å². The minimum absolute atomic E-state index is 0.00231. The van der Waals surface area contributed by atoms with Gasteiger partial charge in [0.2, 0.25) is 0 Å². The molecule has 0 aromatic heterocycles. The number of amides is 1. The van der Waals surface area contributed by atoms with E-state index in [0.29, 0.717) is 13.0 Å². The Morgan fingerprint density at radius 2 is 2.32 bits per heavy atom. The first-order valence-corrected chi connectivity index (χ1v) is 6.84. The third-order valence-corrected chi connectivity index (χ3v) is 3.34. The van der Waals surface area contributed by atoms with E-state index in [1.807, 2.05) is 18.2 Å². The van der Waals surface area contributed by atoms with Crippen LogP contribution in [0.25, 0.3) is 0 Å². The number of anilines is 1. The molecule has 1 aliphatic heterocycles. The molecule has 100 valence electrons. The van der Waals surface area contributed by atoms with E-state index in [4.69, 9.17) is 5.26 Å². The average Bonchev–Trinajstić information content (AvgIpc) is 2.46. The van der Waals surface area contributed by atoms with Crippen molar-refractivity contribution >= 4 is 11.6 Å². The van der Waals surface area contributed by atoms with Crippen molar-refractivity contribution in [2.45, 2.75) is 32.1 Å². The van der Waals surface area contributed by atoms with Crippen molar-refractivity contribution in [1.82, 2.24) is 5.32 Å². The highest BCUT2D eigenvalue weighted by Gasteiger charge is 2.16. The Labute approximate surface area is 113 Å². The number of carbonyl (C=O) groups is 1. The topological polar surface area (TPSA) is 64.9 Å². The highest BCUT2D eigenvalue weighted by atomic mass is 16.1. The van der Waals surface area contributed by atoms with Crippen molar-refractivity contribution in [3.8, 4) is 6.07 Å². The predicted octanol–water partition coefficient (Wildman–Crippen LogP) is 2.47. The van der Waals surface area contributed by atoms with Gasteiger partial charge in [-0.3, -0.25) is 4.79 Å². The van der Waals surface area contributed by atoms with Crippen LogP contribution in [-0.2, 0) is 6.42 Å². The normalized spacial score (nSPS) is 13.0. The molecule has 2 N–H and O–H groups in total. The van der Waals surface area contributed by atoms with Crippen LogP contribution in [0.3, 0.4) is 0 Å². The standard InChI is InChI=1S/C15H19N3O/c16-9-2-1-3-10-18-15(19)13-6-4-8-14-12(13)7-5-11-17-14/h4,6,8,17H,1-3,5,7,10-11H2,(H,18,19). The lowest BCUT2D eigenvalue weighted by atomic mass is 9.97. The van der Waals surface area contributed by atoms with Crippen LogP contribution in [0, 0.1) is 11.3 Å². The van der Waals surface area contributed by atoms with Crippen molar-refractivity contribution < 1.29 is 4.79 Å². The number of nitrogens with one attached hydrogen (secondary N) is 2. The second kappa shape index (κ2) is 6.79. The van der Waals surface area contributed by atoms with E-state index in [-0.39, 0.29) is 5.91 Å². The number of hydrogen-bond donors (Lipinski definition) is 2. The third kappa shape index (κ3) is 3.47. The summed E-state index contributed by atoms with van der Waals surface area (Å²) in [6.45, 7) is 1.61. The summed E-state index contributed by atoms with van der Waals surface area (Å²) in [4.78, 5) is 12.1. The SMILES string of the molecule is N#CCCCCNC(=O)c1cccc2c1CCCN2. The lowest BCUT2D eigenvalue weighted by Crippen LogP contribution is -2.26. The molecule has 0 bridgehead atoms. The van der Waals surface area contributed by atoms with Crippen LogP contribution in [0.15, 0.2) is 18.2 Å². The van der Waals surface area contributed by atoms with Crippen LogP contribution in [-0.4, -0.2) is 19.0 Å². The van der Waals surface area contributed by atoms with Crippen LogP contribution in [0.1, 0.15) is 41.6 Å². The molecule has 0 radical (unpaired) electrons. The highest BCUT2D eigenvalue weighted by molar-refractivity contribution is 5.97. The maximum atomic E-state index is 12.1. The van der Waals surface area contributed by atoms with Gasteiger partial charge in [-0.25, -0.2) is 0 Å². The van der Waals surface area contributed by atoms with Crippen LogP contribution in [0.2, 0.25) is 0 Å². The van der Waals surface area contributed by atoms with Gasteiger partial charge in [-0.1, -0.05) is 6.07 Å². The summed E-state index contributed by atoms with van der Waals surface area (Å²) in [6, 6.07) is 7.94. The Balaban J connectivity index is 1.94. The number of rotatable bonds is 5. The number of nitrogens with zero attached hydrogens (tertiary/aromatic N) is 1. The number of unbranched alkanes of at least 4 members (excludes halogenated alkanes) is 2. The number of fused-ring (bicyclic) bond motifs is 1. The van der Waals surface area contributed by atoms with Gasteiger partial charge in [-0.05, 0) is 43.4 Å². The first-order chi connectivity index (χ1) is 9.33. The van der Waals surface area contributed by atoms with Crippen molar-refractivity contribution in [3.05, 3.63) is 29.3 Å². The molecule has 0 atom stereocenters. The van der Waals surface area contributed by atoms with E-state index in [1.54, 1.807) is 0 Å². The fourth-order valence-corrected chi connectivity index (χ4v) is 2.35. The molecule has 4 heteroatoms. The molecule has 1 aliphatic rings. The zero-order valence-electron chi connectivity index (χ0n) is 11.0. The highest BCUT2D eigenvalue weighted by Crippen LogP contribution is 2.25. The fraction of sp³-hybridized carbons (Fsp3) is 0.467. The zero-order valence-corrected chi connectivity index (χ0v) is 11.0. The number of hydrogen-bond acceptors (Lipinski definition) is 3. The summed E-state index contributed by atoms with van der Waals surface area (Å²) in [6.07, 6.45) is 4.28. The van der Waals surface area contributed by atoms with Crippen molar-refractivity contribution in [2.24, 2.45) is 0 Å². The summed E-state index contributed by atoms with van der Waals surface area (Å²) in [5.74, 6) is -0.00231. The second-order valence-electron chi connectivity index (χ2n) is 4.73. The molecule has 1 amide bonds. The van der Waals surface area contributed by atoms with Gasteiger partial charge >= 0.3 is 0 Å². The first-order valence-electron chi connectivity index (χ1n) is 6.84. The van der Waals surface area contributed by atoms with Crippen LogP contribution < -0.4 is 10.6 Å². The Bertz CT molecular complexity index is 491. The molecule has 19 heavy (non-hydrogen) atoms. The molecule has 0 spiro atoms. The van der Waals surface area contributed by atoms with Gasteiger partial charge in [0.1, 0.15) is 0 Å². The van der Waals surface area contributed by atoms with E-state index in [2.05, 4.69) is 16.7 Å². The Morgan fingerprint density at radius 3 is 3.16 bits per heavy atom. The lowest BCUT2D eigenvalue weighted by Gasteiger charge is -2.20. The Hall–Kier alpha value is -2.02. The molecule has 1 heterocycles. The quantitative estimate of drug-likeness (QED) is 0.796. The Morgan fingerprint density at radius 1 is 1.42 bits per heavy atom. The molecular formula is C15H19N3O. The van der Waals surface area contributed by atoms with Gasteiger partial charge in [0.25, 0.3) is 5.91 Å². The maximum Gasteiger partial charge on any atom is 0.251 e. The molecule has 2 rings (SSSR count). The largest absolute Gasteiger partial charge is 0.385 e. The first kappa shape index (κ1) is 13.4. The van der Waals surface area contributed by atoms with Crippen molar-refractivity contribution in [3.63, 3.8) is 0 Å². The maximum absolute atomic E-state index is 12.1. The van der Waals surface area contributed by atoms with E-state index >= 15 is 0 Å². The van der Waals surface area contributed by atoms with E-state index < -0.39 is 0 Å². The third-order valence-electron chi connectivity index (χ3n) is 3.34. The van der Waals surface area contributed by atoms with Crippen molar-refractivity contribution in [2.75, 3.05) is 18.4 Å². The summed E-state index contributed by atoms with van der Waals surface area (Å²) in [5.41, 5.74) is 3.00. The summed E-state index contributed by atoms with van der Waals surface area (Å²) < 4.78 is 0. The van der Waals surface area contributed by atoms with Gasteiger partial charge < -0.3 is 10.6 Å². The molecule has 0 aliphatic carbocycles. The van der Waals surface area contributed by atoms with E-state index in [0.717, 1.165) is 49.0 Å². The number of benzene rings is 1. The molecule has 1 aromatic rings. The summed E-state index contributed by atoms with van der Waals surface area (Å²) in [5, 5.41) is 14.7. The zero-order chi connectivity index (χ0) is 13.5. The molecule has 0 saturated heterocycles. The second-order valence-corrected chi connectivity index (χ2v) is 4.73. The van der Waals surface area contributed by atoms with Gasteiger partial charge in [0, 0.05) is 30.8 Å². The van der Waals surface area contributed by atoms with Gasteiger partial charge in [0.05, 0.1) is 6.07 Å². The lowest BCUT2D eigenvalue weighted by molar-refractivity contribution is 0.0952. The van der Waals surface area contributed by atoms with Crippen LogP contribution >= 0.6 is 0 Å². The number of carbonyl (C=O) groups excluding carboxylic acids is 1.